The second-order valence-electron chi connectivity index (χ2n) is 4.63. The lowest BCUT2D eigenvalue weighted by Crippen LogP contribution is -2.21. The molecular formula is C13H18FN. The number of hydrogen-bond donors (Lipinski definition) is 1. The average molecular weight is 207 g/mol. The molecule has 2 heteroatoms. The first-order chi connectivity index (χ1) is 7.08. The van der Waals surface area contributed by atoms with E-state index in [0.717, 1.165) is 11.1 Å². The van der Waals surface area contributed by atoms with Gasteiger partial charge in [-0.15, -0.1) is 0 Å². The summed E-state index contributed by atoms with van der Waals surface area (Å²) in [6.07, 6.45) is 2.56. The molecule has 0 aromatic heterocycles. The minimum atomic E-state index is -0.0719. The van der Waals surface area contributed by atoms with Gasteiger partial charge >= 0.3 is 0 Å². The largest absolute Gasteiger partial charge is 0.307 e. The van der Waals surface area contributed by atoms with E-state index in [1.165, 1.54) is 18.4 Å². The molecule has 1 aliphatic carbocycles. The van der Waals surface area contributed by atoms with Crippen molar-refractivity contribution in [3.8, 4) is 0 Å². The summed E-state index contributed by atoms with van der Waals surface area (Å²) in [6, 6.07) is 4.91. The van der Waals surface area contributed by atoms with Gasteiger partial charge in [-0.3, -0.25) is 0 Å². The van der Waals surface area contributed by atoms with E-state index < -0.39 is 0 Å². The summed E-state index contributed by atoms with van der Waals surface area (Å²) >= 11 is 0. The molecule has 0 radical (unpaired) electrons. The van der Waals surface area contributed by atoms with Gasteiger partial charge in [0.15, 0.2) is 0 Å². The van der Waals surface area contributed by atoms with Crippen LogP contribution in [0.3, 0.4) is 0 Å². The maximum absolute atomic E-state index is 13.4. The summed E-state index contributed by atoms with van der Waals surface area (Å²) in [7, 11) is 0. The SMILES string of the molecule is Cc1cc(C(C)NC2CC2)cc(C)c1F. The smallest absolute Gasteiger partial charge is 0.129 e. The van der Waals surface area contributed by atoms with Crippen LogP contribution in [0.4, 0.5) is 4.39 Å². The van der Waals surface area contributed by atoms with Gasteiger partial charge in [0.05, 0.1) is 0 Å². The van der Waals surface area contributed by atoms with E-state index in [1.807, 2.05) is 26.0 Å². The van der Waals surface area contributed by atoms with E-state index in [4.69, 9.17) is 0 Å². The highest BCUT2D eigenvalue weighted by atomic mass is 19.1. The molecule has 82 valence electrons. The Hall–Kier alpha value is -0.890. The highest BCUT2D eigenvalue weighted by molar-refractivity contribution is 5.32. The lowest BCUT2D eigenvalue weighted by molar-refractivity contribution is 0.564. The molecule has 0 amide bonds. The minimum absolute atomic E-state index is 0.0719. The molecule has 1 fully saturated rings. The van der Waals surface area contributed by atoms with Crippen LogP contribution in [-0.2, 0) is 0 Å². The van der Waals surface area contributed by atoms with Crippen molar-refractivity contribution in [2.75, 3.05) is 0 Å². The zero-order chi connectivity index (χ0) is 11.0. The van der Waals surface area contributed by atoms with E-state index in [9.17, 15) is 4.39 Å². The number of nitrogens with one attached hydrogen (secondary N) is 1. The molecule has 1 N–H and O–H groups in total. The maximum Gasteiger partial charge on any atom is 0.129 e. The van der Waals surface area contributed by atoms with E-state index in [-0.39, 0.29) is 5.82 Å². The molecule has 1 saturated carbocycles. The van der Waals surface area contributed by atoms with Crippen molar-refractivity contribution < 1.29 is 4.39 Å². The van der Waals surface area contributed by atoms with E-state index >= 15 is 0 Å². The Morgan fingerprint density at radius 1 is 1.27 bits per heavy atom. The summed E-state index contributed by atoms with van der Waals surface area (Å²) in [5.74, 6) is -0.0719. The van der Waals surface area contributed by atoms with Crippen LogP contribution in [0, 0.1) is 19.7 Å². The molecule has 1 unspecified atom stereocenters. The number of rotatable bonds is 3. The van der Waals surface area contributed by atoms with Gasteiger partial charge < -0.3 is 5.32 Å². The summed E-state index contributed by atoms with van der Waals surface area (Å²) in [4.78, 5) is 0. The predicted molar refractivity (Wildman–Crippen MR) is 60.4 cm³/mol. The van der Waals surface area contributed by atoms with E-state index in [2.05, 4.69) is 12.2 Å². The van der Waals surface area contributed by atoms with Crippen LogP contribution < -0.4 is 5.32 Å². The zero-order valence-corrected chi connectivity index (χ0v) is 9.60. The third-order valence-corrected chi connectivity index (χ3v) is 3.02. The molecule has 1 nitrogen and oxygen atoms in total. The predicted octanol–water partition coefficient (Wildman–Crippen LogP) is 3.26. The molecule has 0 bridgehead atoms. The fourth-order valence-corrected chi connectivity index (χ4v) is 1.93. The Kier molecular flexibility index (Phi) is 2.79. The molecule has 0 aliphatic heterocycles. The van der Waals surface area contributed by atoms with Crippen molar-refractivity contribution in [3.05, 3.63) is 34.6 Å². The van der Waals surface area contributed by atoms with Gasteiger partial charge in [-0.2, -0.15) is 0 Å². The lowest BCUT2D eigenvalue weighted by Gasteiger charge is -2.15. The summed E-state index contributed by atoms with van der Waals surface area (Å²) < 4.78 is 13.4. The molecule has 0 saturated heterocycles. The van der Waals surface area contributed by atoms with Crippen molar-refractivity contribution in [2.24, 2.45) is 0 Å². The van der Waals surface area contributed by atoms with Crippen LogP contribution in [-0.4, -0.2) is 6.04 Å². The molecule has 1 atom stereocenters. The van der Waals surface area contributed by atoms with Crippen LogP contribution in [0.2, 0.25) is 0 Å². The Bertz CT molecular complexity index is 346. The van der Waals surface area contributed by atoms with Gasteiger partial charge in [-0.05, 0) is 50.3 Å². The molecule has 2 rings (SSSR count). The van der Waals surface area contributed by atoms with Crippen molar-refractivity contribution in [1.82, 2.24) is 5.32 Å². The number of halogens is 1. The fraction of sp³-hybridized carbons (Fsp3) is 0.538. The quantitative estimate of drug-likeness (QED) is 0.802. The fourth-order valence-electron chi connectivity index (χ4n) is 1.93. The standard InChI is InChI=1S/C13H18FN/c1-8-6-11(7-9(2)13(8)14)10(3)15-12-4-5-12/h6-7,10,12,15H,4-5H2,1-3H3. The number of hydrogen-bond acceptors (Lipinski definition) is 1. The molecule has 15 heavy (non-hydrogen) atoms. The maximum atomic E-state index is 13.4. The van der Waals surface area contributed by atoms with Crippen molar-refractivity contribution in [3.63, 3.8) is 0 Å². The number of benzene rings is 1. The van der Waals surface area contributed by atoms with E-state index in [0.29, 0.717) is 12.1 Å². The first-order valence-electron chi connectivity index (χ1n) is 5.60. The van der Waals surface area contributed by atoms with Gasteiger partial charge in [-0.25, -0.2) is 4.39 Å². The molecular weight excluding hydrogens is 189 g/mol. The van der Waals surface area contributed by atoms with Crippen LogP contribution in [0.25, 0.3) is 0 Å². The minimum Gasteiger partial charge on any atom is -0.307 e. The normalized spacial score (nSPS) is 17.9. The first-order valence-corrected chi connectivity index (χ1v) is 5.60. The summed E-state index contributed by atoms with van der Waals surface area (Å²) in [5.41, 5.74) is 2.68. The second-order valence-corrected chi connectivity index (χ2v) is 4.63. The Morgan fingerprint density at radius 3 is 2.27 bits per heavy atom. The van der Waals surface area contributed by atoms with Gasteiger partial charge in [0.2, 0.25) is 0 Å². The third-order valence-electron chi connectivity index (χ3n) is 3.02. The van der Waals surface area contributed by atoms with Crippen molar-refractivity contribution in [1.29, 1.82) is 0 Å². The average Bonchev–Trinajstić information content (AvgIpc) is 2.97. The Balaban J connectivity index is 2.19. The van der Waals surface area contributed by atoms with E-state index in [1.54, 1.807) is 0 Å². The lowest BCUT2D eigenvalue weighted by atomic mass is 10.0. The van der Waals surface area contributed by atoms with Crippen LogP contribution in [0.15, 0.2) is 12.1 Å². The summed E-state index contributed by atoms with van der Waals surface area (Å²) in [5, 5.41) is 3.52. The van der Waals surface area contributed by atoms with Crippen LogP contribution >= 0.6 is 0 Å². The van der Waals surface area contributed by atoms with Crippen molar-refractivity contribution >= 4 is 0 Å². The van der Waals surface area contributed by atoms with Gasteiger partial charge in [0, 0.05) is 12.1 Å². The third kappa shape index (κ3) is 2.37. The van der Waals surface area contributed by atoms with Gasteiger partial charge in [0.1, 0.15) is 5.82 Å². The molecule has 1 aromatic carbocycles. The Labute approximate surface area is 90.7 Å². The molecule has 0 heterocycles. The number of aryl methyl sites for hydroxylation is 2. The second kappa shape index (κ2) is 3.93. The molecule has 1 aromatic rings. The highest BCUT2D eigenvalue weighted by Crippen LogP contribution is 2.25. The zero-order valence-electron chi connectivity index (χ0n) is 9.60. The van der Waals surface area contributed by atoms with Crippen molar-refractivity contribution in [2.45, 2.75) is 45.7 Å². The van der Waals surface area contributed by atoms with Gasteiger partial charge in [-0.1, -0.05) is 12.1 Å². The highest BCUT2D eigenvalue weighted by Gasteiger charge is 2.23. The van der Waals surface area contributed by atoms with Gasteiger partial charge in [0.25, 0.3) is 0 Å². The van der Waals surface area contributed by atoms with Crippen LogP contribution in [0.1, 0.15) is 42.5 Å². The summed E-state index contributed by atoms with van der Waals surface area (Å²) in [6.45, 7) is 5.80. The first kappa shape index (κ1) is 10.6. The topological polar surface area (TPSA) is 12.0 Å². The molecule has 1 aliphatic rings. The Morgan fingerprint density at radius 2 is 1.80 bits per heavy atom. The molecule has 0 spiro atoms. The monoisotopic (exact) mass is 207 g/mol. The van der Waals surface area contributed by atoms with Crippen LogP contribution in [0.5, 0.6) is 0 Å².